The van der Waals surface area contributed by atoms with Crippen LogP contribution >= 0.6 is 0 Å². The summed E-state index contributed by atoms with van der Waals surface area (Å²) in [5, 5.41) is 2.35. The third kappa shape index (κ3) is 3.16. The first-order valence-corrected chi connectivity index (χ1v) is 10.7. The fourth-order valence-electron chi connectivity index (χ4n) is 5.75. The molecule has 3 fully saturated rings. The van der Waals surface area contributed by atoms with E-state index in [0.717, 1.165) is 37.2 Å². The van der Waals surface area contributed by atoms with Crippen molar-refractivity contribution in [2.45, 2.75) is 63.7 Å². The number of likely N-dealkylation sites (tertiary alicyclic amines) is 1. The van der Waals surface area contributed by atoms with Crippen molar-refractivity contribution in [3.8, 4) is 0 Å². The van der Waals surface area contributed by atoms with Gasteiger partial charge < -0.3 is 10.6 Å². The van der Waals surface area contributed by atoms with E-state index in [1.807, 2.05) is 12.1 Å². The monoisotopic (exact) mass is 396 g/mol. The van der Waals surface area contributed by atoms with E-state index >= 15 is 0 Å². The molecule has 1 aromatic rings. The predicted octanol–water partition coefficient (Wildman–Crippen LogP) is 1.15. The summed E-state index contributed by atoms with van der Waals surface area (Å²) in [6.45, 7) is 3.36. The molecule has 3 heterocycles. The number of nitrogens with one attached hydrogen (secondary N) is 1. The Kier molecular flexibility index (Phi) is 4.47. The van der Waals surface area contributed by atoms with Gasteiger partial charge in [0, 0.05) is 37.7 Å². The van der Waals surface area contributed by atoms with E-state index in [4.69, 9.17) is 5.73 Å². The van der Waals surface area contributed by atoms with Crippen molar-refractivity contribution in [3.05, 3.63) is 34.9 Å². The molecule has 0 bridgehead atoms. The van der Waals surface area contributed by atoms with Gasteiger partial charge in [-0.3, -0.25) is 24.6 Å². The van der Waals surface area contributed by atoms with Crippen molar-refractivity contribution in [1.82, 2.24) is 15.1 Å². The second-order valence-electron chi connectivity index (χ2n) is 9.21. The van der Waals surface area contributed by atoms with Gasteiger partial charge in [0.25, 0.3) is 5.91 Å². The summed E-state index contributed by atoms with van der Waals surface area (Å²) in [4.78, 5) is 40.7. The van der Waals surface area contributed by atoms with Crippen molar-refractivity contribution in [3.63, 3.8) is 0 Å². The Morgan fingerprint density at radius 3 is 2.79 bits per heavy atom. The van der Waals surface area contributed by atoms with Crippen LogP contribution in [0.4, 0.5) is 0 Å². The number of nitrogens with two attached hydrogens (primary N) is 1. The maximum atomic E-state index is 13.0. The molecule has 7 nitrogen and oxygen atoms in total. The second kappa shape index (κ2) is 6.92. The molecule has 4 aliphatic rings. The lowest BCUT2D eigenvalue weighted by Crippen LogP contribution is -2.52. The molecule has 154 valence electrons. The molecule has 3 amide bonds. The van der Waals surface area contributed by atoms with E-state index in [-0.39, 0.29) is 29.6 Å². The van der Waals surface area contributed by atoms with Crippen molar-refractivity contribution in [1.29, 1.82) is 0 Å². The molecule has 5 rings (SSSR count). The zero-order valence-corrected chi connectivity index (χ0v) is 16.7. The lowest BCUT2D eigenvalue weighted by atomic mass is 9.82. The van der Waals surface area contributed by atoms with Crippen LogP contribution in [-0.4, -0.2) is 52.7 Å². The molecule has 0 radical (unpaired) electrons. The fraction of sp³-hybridized carbons (Fsp3) is 0.591. The summed E-state index contributed by atoms with van der Waals surface area (Å²) in [5.41, 5.74) is 9.47. The van der Waals surface area contributed by atoms with Crippen LogP contribution in [0.3, 0.4) is 0 Å². The Bertz CT molecular complexity index is 885. The Labute approximate surface area is 170 Å². The Balaban J connectivity index is 1.28. The molecule has 3 unspecified atom stereocenters. The summed E-state index contributed by atoms with van der Waals surface area (Å²) in [5.74, 6) is -0.729. The van der Waals surface area contributed by atoms with Crippen LogP contribution in [0.25, 0.3) is 0 Å². The average molecular weight is 396 g/mol. The molecular formula is C22H28N4O3. The molecule has 3 aliphatic heterocycles. The van der Waals surface area contributed by atoms with Gasteiger partial charge in [0.15, 0.2) is 0 Å². The van der Waals surface area contributed by atoms with Crippen molar-refractivity contribution in [2.75, 3.05) is 13.1 Å². The summed E-state index contributed by atoms with van der Waals surface area (Å²) in [6.07, 6.45) is 5.44. The van der Waals surface area contributed by atoms with E-state index in [1.165, 1.54) is 19.3 Å². The summed E-state index contributed by atoms with van der Waals surface area (Å²) < 4.78 is 0. The molecule has 1 spiro atoms. The first-order chi connectivity index (χ1) is 13.9. The van der Waals surface area contributed by atoms with Crippen molar-refractivity contribution in [2.24, 2.45) is 11.1 Å². The minimum absolute atomic E-state index is 0.105. The minimum atomic E-state index is -0.557. The van der Waals surface area contributed by atoms with Crippen LogP contribution in [0.2, 0.25) is 0 Å². The summed E-state index contributed by atoms with van der Waals surface area (Å²) in [7, 11) is 0. The molecule has 1 aromatic carbocycles. The van der Waals surface area contributed by atoms with E-state index in [1.54, 1.807) is 4.90 Å². The van der Waals surface area contributed by atoms with Crippen molar-refractivity contribution >= 4 is 17.7 Å². The number of amides is 3. The molecule has 0 aromatic heterocycles. The van der Waals surface area contributed by atoms with Crippen LogP contribution in [0.1, 0.15) is 60.0 Å². The Hall–Kier alpha value is -2.25. The molecule has 1 aliphatic carbocycles. The zero-order valence-electron chi connectivity index (χ0n) is 16.7. The number of nitrogens with zero attached hydrogens (tertiary/aromatic N) is 2. The highest BCUT2D eigenvalue weighted by molar-refractivity contribution is 6.05. The third-order valence-corrected chi connectivity index (χ3v) is 7.44. The minimum Gasteiger partial charge on any atom is -0.327 e. The highest BCUT2D eigenvalue weighted by atomic mass is 16.2. The second-order valence-corrected chi connectivity index (χ2v) is 9.21. The van der Waals surface area contributed by atoms with Gasteiger partial charge in [-0.1, -0.05) is 18.6 Å². The average Bonchev–Trinajstić information content (AvgIpc) is 3.35. The number of hydrogen-bond donors (Lipinski definition) is 2. The normalized spacial score (nSPS) is 32.3. The van der Waals surface area contributed by atoms with Gasteiger partial charge in [0.2, 0.25) is 11.8 Å². The summed E-state index contributed by atoms with van der Waals surface area (Å²) in [6, 6.07) is 5.86. The van der Waals surface area contributed by atoms with Crippen LogP contribution in [0.5, 0.6) is 0 Å². The number of carbonyl (C=O) groups is 3. The van der Waals surface area contributed by atoms with E-state index in [2.05, 4.69) is 16.3 Å². The molecular weight excluding hydrogens is 368 g/mol. The van der Waals surface area contributed by atoms with Gasteiger partial charge in [-0.25, -0.2) is 0 Å². The van der Waals surface area contributed by atoms with Gasteiger partial charge in [0.05, 0.1) is 0 Å². The van der Waals surface area contributed by atoms with Crippen LogP contribution in [0, 0.1) is 5.41 Å². The van der Waals surface area contributed by atoms with E-state index < -0.39 is 6.04 Å². The highest BCUT2D eigenvalue weighted by Gasteiger charge is 2.45. The van der Waals surface area contributed by atoms with Crippen LogP contribution in [-0.2, 0) is 22.7 Å². The summed E-state index contributed by atoms with van der Waals surface area (Å²) >= 11 is 0. The van der Waals surface area contributed by atoms with Gasteiger partial charge in [-0.05, 0) is 54.8 Å². The van der Waals surface area contributed by atoms with Gasteiger partial charge >= 0.3 is 0 Å². The number of benzene rings is 1. The fourth-order valence-corrected chi connectivity index (χ4v) is 5.75. The predicted molar refractivity (Wildman–Crippen MR) is 107 cm³/mol. The number of fused-ring (bicyclic) bond motifs is 1. The molecule has 3 N–H and O–H groups in total. The van der Waals surface area contributed by atoms with Gasteiger partial charge in [-0.15, -0.1) is 0 Å². The maximum absolute atomic E-state index is 13.0. The first kappa shape index (κ1) is 18.8. The Morgan fingerprint density at radius 1 is 1.17 bits per heavy atom. The van der Waals surface area contributed by atoms with Crippen LogP contribution < -0.4 is 11.1 Å². The topological polar surface area (TPSA) is 95.7 Å². The SMILES string of the molecule is NC1CCCC12CCN(Cc1ccc3c(c1)C(=O)N(C1CCC(=O)NC1=O)C3)C2. The van der Waals surface area contributed by atoms with Gasteiger partial charge in [-0.2, -0.15) is 0 Å². The number of imide groups is 1. The van der Waals surface area contributed by atoms with E-state index in [9.17, 15) is 14.4 Å². The molecule has 29 heavy (non-hydrogen) atoms. The third-order valence-electron chi connectivity index (χ3n) is 7.44. The number of carbonyl (C=O) groups excluding carboxylic acids is 3. The lowest BCUT2D eigenvalue weighted by Gasteiger charge is -2.29. The zero-order chi connectivity index (χ0) is 20.2. The number of rotatable bonds is 3. The lowest BCUT2D eigenvalue weighted by molar-refractivity contribution is -0.136. The number of hydrogen-bond acceptors (Lipinski definition) is 5. The number of piperidine rings is 1. The smallest absolute Gasteiger partial charge is 0.255 e. The first-order valence-electron chi connectivity index (χ1n) is 10.7. The molecule has 2 saturated heterocycles. The van der Waals surface area contributed by atoms with Crippen molar-refractivity contribution < 1.29 is 14.4 Å². The maximum Gasteiger partial charge on any atom is 0.255 e. The molecule has 1 saturated carbocycles. The standard InChI is InChI=1S/C22H28N4O3/c23-18-2-1-7-22(18)8-9-25(13-22)11-14-3-4-15-12-26(21(29)16(15)10-14)17-5-6-19(27)24-20(17)28/h3-4,10,17-18H,1-2,5-9,11-13,23H2,(H,24,27,28). The quantitative estimate of drug-likeness (QED) is 0.748. The molecule has 3 atom stereocenters. The largest absolute Gasteiger partial charge is 0.327 e. The molecule has 7 heteroatoms. The van der Waals surface area contributed by atoms with Gasteiger partial charge in [0.1, 0.15) is 6.04 Å². The van der Waals surface area contributed by atoms with E-state index in [0.29, 0.717) is 24.6 Å². The Morgan fingerprint density at radius 2 is 2.03 bits per heavy atom. The highest BCUT2D eigenvalue weighted by Crippen LogP contribution is 2.45. The van der Waals surface area contributed by atoms with Crippen LogP contribution in [0.15, 0.2) is 18.2 Å².